The lowest BCUT2D eigenvalue weighted by Crippen LogP contribution is -2.28. The summed E-state index contributed by atoms with van der Waals surface area (Å²) in [7, 11) is 1.82. The van der Waals surface area contributed by atoms with Crippen molar-refractivity contribution in [2.24, 2.45) is 4.99 Å². The van der Waals surface area contributed by atoms with Gasteiger partial charge in [0.05, 0.1) is 6.54 Å². The smallest absolute Gasteiger partial charge is 0.145 e. The maximum absolute atomic E-state index is 9.12. The molecule has 50 valence electrons. The monoisotopic (exact) mass is 126 g/mol. The number of allylic oxidation sites excluding steroid dienone is 1. The van der Waals surface area contributed by atoms with E-state index in [1.807, 2.05) is 7.05 Å². The maximum Gasteiger partial charge on any atom is 0.145 e. The second kappa shape index (κ2) is 2.64. The zero-order chi connectivity index (χ0) is 6.69. The molecule has 1 N–H and O–H groups in total. The van der Waals surface area contributed by atoms with Gasteiger partial charge in [-0.1, -0.05) is 0 Å². The first-order chi connectivity index (χ1) is 4.30. The van der Waals surface area contributed by atoms with E-state index in [-0.39, 0.29) is 0 Å². The van der Waals surface area contributed by atoms with Crippen LogP contribution in [0.2, 0.25) is 0 Å². The minimum Gasteiger partial charge on any atom is -0.372 e. The second-order valence-electron chi connectivity index (χ2n) is 2.00. The number of hydrogen-bond acceptors (Lipinski definition) is 3. The molecule has 1 rings (SSSR count). The highest BCUT2D eigenvalue weighted by molar-refractivity contribution is 5.71. The van der Waals surface area contributed by atoms with Gasteiger partial charge < -0.3 is 10.0 Å². The van der Waals surface area contributed by atoms with Gasteiger partial charge in [-0.2, -0.15) is 0 Å². The van der Waals surface area contributed by atoms with Crippen LogP contribution in [0.15, 0.2) is 17.3 Å². The van der Waals surface area contributed by atoms with Crippen LogP contribution in [0.5, 0.6) is 0 Å². The topological polar surface area (TPSA) is 35.8 Å². The fraction of sp³-hybridized carbons (Fsp3) is 0.500. The molecule has 0 aromatic carbocycles. The summed E-state index contributed by atoms with van der Waals surface area (Å²) in [5, 5.41) is 9.12. The minimum atomic E-state index is -0.458. The molecule has 1 aliphatic rings. The van der Waals surface area contributed by atoms with Crippen molar-refractivity contribution < 1.29 is 5.11 Å². The molecule has 0 amide bonds. The largest absolute Gasteiger partial charge is 0.372 e. The third kappa shape index (κ3) is 1.54. The van der Waals surface area contributed by atoms with Crippen molar-refractivity contribution in [3.8, 4) is 0 Å². The molecule has 0 aromatic rings. The summed E-state index contributed by atoms with van der Waals surface area (Å²) < 4.78 is 0. The van der Waals surface area contributed by atoms with Crippen LogP contribution in [0.3, 0.4) is 0 Å². The molecule has 3 heteroatoms. The molecular weight excluding hydrogens is 116 g/mol. The number of aliphatic hydroxyl groups excluding tert-OH is 1. The number of nitrogens with zero attached hydrogens (tertiary/aromatic N) is 2. The Hall–Kier alpha value is -0.830. The Labute approximate surface area is 54.3 Å². The van der Waals surface area contributed by atoms with Crippen LogP contribution in [0, 0.1) is 0 Å². The quantitative estimate of drug-likeness (QED) is 0.489. The highest BCUT2D eigenvalue weighted by Gasteiger charge is 2.05. The Morgan fingerprint density at radius 3 is 3.33 bits per heavy atom. The van der Waals surface area contributed by atoms with Gasteiger partial charge in [-0.05, 0) is 6.08 Å². The zero-order valence-electron chi connectivity index (χ0n) is 5.36. The molecule has 9 heavy (non-hydrogen) atoms. The van der Waals surface area contributed by atoms with E-state index in [4.69, 9.17) is 5.11 Å². The first-order valence-electron chi connectivity index (χ1n) is 2.87. The lowest BCUT2D eigenvalue weighted by molar-refractivity contribution is 0.0648. The van der Waals surface area contributed by atoms with Gasteiger partial charge in [-0.15, -0.1) is 0 Å². The van der Waals surface area contributed by atoms with Crippen LogP contribution in [0.1, 0.15) is 0 Å². The lowest BCUT2D eigenvalue weighted by Gasteiger charge is -2.17. The van der Waals surface area contributed by atoms with Crippen molar-refractivity contribution in [3.63, 3.8) is 0 Å². The Kier molecular flexibility index (Phi) is 1.85. The Morgan fingerprint density at radius 1 is 1.78 bits per heavy atom. The molecule has 0 aromatic heterocycles. The van der Waals surface area contributed by atoms with Gasteiger partial charge in [-0.3, -0.25) is 4.99 Å². The highest BCUT2D eigenvalue weighted by Crippen LogP contribution is 1.95. The summed E-state index contributed by atoms with van der Waals surface area (Å²) in [5.41, 5.74) is 0. The molecule has 0 aliphatic carbocycles. The van der Waals surface area contributed by atoms with Gasteiger partial charge in [0, 0.05) is 19.5 Å². The summed E-state index contributed by atoms with van der Waals surface area (Å²) >= 11 is 0. The van der Waals surface area contributed by atoms with Crippen molar-refractivity contribution in [1.82, 2.24) is 4.90 Å². The molecule has 0 saturated carbocycles. The van der Waals surface area contributed by atoms with E-state index >= 15 is 0 Å². The van der Waals surface area contributed by atoms with Crippen LogP contribution in [-0.2, 0) is 0 Å². The molecule has 0 fully saturated rings. The van der Waals surface area contributed by atoms with Crippen molar-refractivity contribution in [2.75, 3.05) is 13.6 Å². The fourth-order valence-corrected chi connectivity index (χ4v) is 0.618. The summed E-state index contributed by atoms with van der Waals surface area (Å²) in [6, 6.07) is 0. The van der Waals surface area contributed by atoms with E-state index in [2.05, 4.69) is 4.99 Å². The predicted octanol–water partition coefficient (Wildman–Crippen LogP) is -0.165. The minimum absolute atomic E-state index is 0.458. The summed E-state index contributed by atoms with van der Waals surface area (Å²) in [6.07, 6.45) is 4.82. The van der Waals surface area contributed by atoms with E-state index in [0.29, 0.717) is 6.54 Å². The summed E-state index contributed by atoms with van der Waals surface area (Å²) in [6.45, 7) is 0.462. The fourth-order valence-electron chi connectivity index (χ4n) is 0.618. The van der Waals surface area contributed by atoms with Crippen LogP contribution in [-0.4, -0.2) is 36.0 Å². The van der Waals surface area contributed by atoms with Gasteiger partial charge in [0.15, 0.2) is 0 Å². The van der Waals surface area contributed by atoms with Gasteiger partial charge in [-0.25, -0.2) is 0 Å². The van der Waals surface area contributed by atoms with Crippen molar-refractivity contribution >= 4 is 6.21 Å². The molecule has 1 aliphatic heterocycles. The third-order valence-corrected chi connectivity index (χ3v) is 1.25. The number of likely N-dealkylation sites (N-methyl/N-ethyl adjacent to an activating group) is 1. The SMILES string of the molecule is CN1C=CC=NCC1O. The molecule has 0 bridgehead atoms. The van der Waals surface area contributed by atoms with Gasteiger partial charge in [0.2, 0.25) is 0 Å². The van der Waals surface area contributed by atoms with Crippen LogP contribution in [0.25, 0.3) is 0 Å². The van der Waals surface area contributed by atoms with Crippen molar-refractivity contribution in [3.05, 3.63) is 12.3 Å². The number of rotatable bonds is 0. The van der Waals surface area contributed by atoms with Crippen LogP contribution >= 0.6 is 0 Å². The molecule has 1 heterocycles. The molecule has 1 unspecified atom stereocenters. The van der Waals surface area contributed by atoms with Crippen LogP contribution in [0.4, 0.5) is 0 Å². The third-order valence-electron chi connectivity index (χ3n) is 1.25. The van der Waals surface area contributed by atoms with E-state index in [9.17, 15) is 0 Å². The molecular formula is C6H10N2O. The lowest BCUT2D eigenvalue weighted by atomic mass is 10.5. The molecule has 0 spiro atoms. The maximum atomic E-state index is 9.12. The Bertz CT molecular complexity index is 142. The average molecular weight is 126 g/mol. The van der Waals surface area contributed by atoms with Crippen molar-refractivity contribution in [1.29, 1.82) is 0 Å². The van der Waals surface area contributed by atoms with Crippen LogP contribution < -0.4 is 0 Å². The first-order valence-corrected chi connectivity index (χ1v) is 2.87. The van der Waals surface area contributed by atoms with E-state index in [1.54, 1.807) is 23.4 Å². The van der Waals surface area contributed by atoms with Gasteiger partial charge in [0.1, 0.15) is 6.23 Å². The standard InChI is InChI=1S/C6H10N2O/c1-8-4-2-3-7-5-6(8)9/h2-4,6,9H,5H2,1H3. The Morgan fingerprint density at radius 2 is 2.56 bits per heavy atom. The number of hydrogen-bond donors (Lipinski definition) is 1. The molecule has 1 atom stereocenters. The second-order valence-corrected chi connectivity index (χ2v) is 2.00. The summed E-state index contributed by atoms with van der Waals surface area (Å²) in [5.74, 6) is 0. The Balaban J connectivity index is 2.58. The van der Waals surface area contributed by atoms with E-state index < -0.39 is 6.23 Å². The number of aliphatic hydroxyl groups is 1. The molecule has 0 radical (unpaired) electrons. The van der Waals surface area contributed by atoms with E-state index in [0.717, 1.165) is 0 Å². The zero-order valence-corrected chi connectivity index (χ0v) is 5.36. The average Bonchev–Trinajstić information content (AvgIpc) is 1.99. The van der Waals surface area contributed by atoms with E-state index in [1.165, 1.54) is 0 Å². The summed E-state index contributed by atoms with van der Waals surface area (Å²) in [4.78, 5) is 5.61. The van der Waals surface area contributed by atoms with Gasteiger partial charge >= 0.3 is 0 Å². The van der Waals surface area contributed by atoms with Crippen molar-refractivity contribution in [2.45, 2.75) is 6.23 Å². The molecule has 0 saturated heterocycles. The highest BCUT2D eigenvalue weighted by atomic mass is 16.3. The molecule has 3 nitrogen and oxygen atoms in total. The predicted molar refractivity (Wildman–Crippen MR) is 36.3 cm³/mol. The first kappa shape index (κ1) is 6.29. The van der Waals surface area contributed by atoms with Gasteiger partial charge in [0.25, 0.3) is 0 Å². The normalized spacial score (nSPS) is 26.4. The number of aliphatic imine (C=N–C) groups is 1.